The van der Waals surface area contributed by atoms with Gasteiger partial charge in [-0.1, -0.05) is 0 Å². The van der Waals surface area contributed by atoms with Crippen molar-refractivity contribution in [1.29, 1.82) is 0 Å². The van der Waals surface area contributed by atoms with Gasteiger partial charge >= 0.3 is 6.18 Å². The fraction of sp³-hybridized carbons (Fsp3) is 0.214. The smallest absolute Gasteiger partial charge is 0.387 e. The predicted molar refractivity (Wildman–Crippen MR) is 82.3 cm³/mol. The van der Waals surface area contributed by atoms with Crippen molar-refractivity contribution in [1.82, 2.24) is 19.8 Å². The van der Waals surface area contributed by atoms with E-state index in [1.807, 2.05) is 0 Å². The molecule has 0 aliphatic heterocycles. The summed E-state index contributed by atoms with van der Waals surface area (Å²) < 4.78 is 39.1. The molecule has 136 valence electrons. The van der Waals surface area contributed by atoms with Crippen molar-refractivity contribution in [2.24, 2.45) is 0 Å². The van der Waals surface area contributed by atoms with E-state index in [1.165, 1.54) is 36.4 Å². The number of hydrogen-bond donors (Lipinski definition) is 2. The largest absolute Gasteiger partial charge is 0.453 e. The third-order valence-electron chi connectivity index (χ3n) is 3.48. The van der Waals surface area contributed by atoms with E-state index in [2.05, 4.69) is 20.6 Å². The lowest BCUT2D eigenvalue weighted by Gasteiger charge is -2.13. The number of non-ortho nitro benzene ring substituents is 1. The van der Waals surface area contributed by atoms with E-state index < -0.39 is 23.0 Å². The Morgan fingerprint density at radius 1 is 1.19 bits per heavy atom. The Morgan fingerprint density at radius 3 is 2.50 bits per heavy atom. The summed E-state index contributed by atoms with van der Waals surface area (Å²) in [5.41, 5.74) is 0.219. The molecule has 0 aliphatic rings. The summed E-state index contributed by atoms with van der Waals surface area (Å²) in [5.74, 6) is -1.18. The molecule has 2 N–H and O–H groups in total. The number of nitrogens with one attached hydrogen (secondary N) is 1. The molecule has 0 spiro atoms. The molecule has 12 heteroatoms. The van der Waals surface area contributed by atoms with Crippen molar-refractivity contribution in [3.8, 4) is 0 Å². The lowest BCUT2D eigenvalue weighted by molar-refractivity contribution is -0.384. The molecule has 3 aromatic rings. The van der Waals surface area contributed by atoms with E-state index in [0.717, 1.165) is 0 Å². The summed E-state index contributed by atoms with van der Waals surface area (Å²) in [4.78, 5) is 10.0. The van der Waals surface area contributed by atoms with Gasteiger partial charge in [0, 0.05) is 18.7 Å². The molecule has 0 bridgehead atoms. The van der Waals surface area contributed by atoms with Gasteiger partial charge in [-0.3, -0.25) is 10.1 Å². The number of nitro groups is 1. The molecule has 0 unspecified atom stereocenters. The van der Waals surface area contributed by atoms with E-state index >= 15 is 0 Å². The molecular weight excluding hydrogens is 357 g/mol. The number of rotatable bonds is 5. The maximum Gasteiger partial charge on any atom is 0.453 e. The van der Waals surface area contributed by atoms with E-state index in [-0.39, 0.29) is 23.7 Å². The summed E-state index contributed by atoms with van der Waals surface area (Å²) in [6.07, 6.45) is -5.75. The van der Waals surface area contributed by atoms with Crippen LogP contribution in [0.3, 0.4) is 0 Å². The van der Waals surface area contributed by atoms with Crippen LogP contribution < -0.4 is 5.32 Å². The number of halogens is 3. The van der Waals surface area contributed by atoms with Crippen LogP contribution in [-0.4, -0.2) is 36.4 Å². The molecule has 0 aliphatic carbocycles. The van der Waals surface area contributed by atoms with Gasteiger partial charge in [0.05, 0.1) is 11.0 Å². The summed E-state index contributed by atoms with van der Waals surface area (Å²) >= 11 is 0. The lowest BCUT2D eigenvalue weighted by atomic mass is 10.1. The number of anilines is 1. The third kappa shape index (κ3) is 3.54. The van der Waals surface area contributed by atoms with Gasteiger partial charge in [0.15, 0.2) is 5.65 Å². The molecule has 2 heterocycles. The van der Waals surface area contributed by atoms with Crippen molar-refractivity contribution in [3.05, 3.63) is 57.9 Å². The number of nitro benzene ring substituents is 1. The molecule has 0 saturated heterocycles. The highest BCUT2D eigenvalue weighted by atomic mass is 19.4. The Kier molecular flexibility index (Phi) is 4.42. The van der Waals surface area contributed by atoms with Crippen LogP contribution >= 0.6 is 0 Å². The van der Waals surface area contributed by atoms with Crippen LogP contribution in [0, 0.1) is 10.1 Å². The second-order valence-electron chi connectivity index (χ2n) is 5.26. The standard InChI is InChI=1S/C14H11F3N6O3/c15-14(16,17)13-20-19-12-6-5-11(21-22(12)13)18-7-10(24)8-1-3-9(4-2-8)23(25)26/h1-6,10,24H,7H2,(H,18,21)/t10-/m0/s1. The van der Waals surface area contributed by atoms with Gasteiger partial charge in [-0.15, -0.1) is 15.3 Å². The Hall–Kier alpha value is -3.28. The van der Waals surface area contributed by atoms with Gasteiger partial charge in [0.2, 0.25) is 0 Å². The lowest BCUT2D eigenvalue weighted by Crippen LogP contribution is -2.16. The molecule has 0 saturated carbocycles. The Morgan fingerprint density at radius 2 is 1.88 bits per heavy atom. The molecule has 0 fully saturated rings. The van der Waals surface area contributed by atoms with Crippen molar-refractivity contribution in [2.75, 3.05) is 11.9 Å². The van der Waals surface area contributed by atoms with Crippen LogP contribution in [0.1, 0.15) is 17.5 Å². The first-order valence-corrected chi connectivity index (χ1v) is 7.21. The fourth-order valence-electron chi connectivity index (χ4n) is 2.20. The predicted octanol–water partition coefficient (Wildman–Crippen LogP) is 2.20. The minimum atomic E-state index is -4.71. The monoisotopic (exact) mass is 368 g/mol. The number of alkyl halides is 3. The quantitative estimate of drug-likeness (QED) is 0.523. The maximum atomic E-state index is 12.8. The second kappa shape index (κ2) is 6.55. The van der Waals surface area contributed by atoms with Crippen molar-refractivity contribution in [3.63, 3.8) is 0 Å². The number of aromatic nitrogens is 4. The average Bonchev–Trinajstić information content (AvgIpc) is 3.03. The first kappa shape index (κ1) is 17.5. The van der Waals surface area contributed by atoms with Crippen molar-refractivity contribution < 1.29 is 23.2 Å². The highest BCUT2D eigenvalue weighted by Crippen LogP contribution is 2.27. The van der Waals surface area contributed by atoms with Gasteiger partial charge in [-0.05, 0) is 29.8 Å². The van der Waals surface area contributed by atoms with E-state index in [9.17, 15) is 28.4 Å². The average molecular weight is 368 g/mol. The fourth-order valence-corrected chi connectivity index (χ4v) is 2.20. The van der Waals surface area contributed by atoms with Crippen LogP contribution in [-0.2, 0) is 6.18 Å². The SMILES string of the molecule is O=[N+]([O-])c1ccc([C@@H](O)CNc2ccc3nnc(C(F)(F)F)n3n2)cc1. The number of aliphatic hydroxyl groups is 1. The minimum Gasteiger partial charge on any atom is -0.387 e. The van der Waals surface area contributed by atoms with Crippen LogP contribution in [0.15, 0.2) is 36.4 Å². The first-order chi connectivity index (χ1) is 12.3. The molecule has 9 nitrogen and oxygen atoms in total. The van der Waals surface area contributed by atoms with Crippen LogP contribution in [0.25, 0.3) is 5.65 Å². The van der Waals surface area contributed by atoms with Gasteiger partial charge in [0.25, 0.3) is 11.5 Å². The van der Waals surface area contributed by atoms with Gasteiger partial charge in [-0.25, -0.2) is 0 Å². The van der Waals surface area contributed by atoms with E-state index in [0.29, 0.717) is 10.1 Å². The number of fused-ring (bicyclic) bond motifs is 1. The molecule has 1 aromatic carbocycles. The van der Waals surface area contributed by atoms with Gasteiger partial charge in [0.1, 0.15) is 5.82 Å². The van der Waals surface area contributed by atoms with E-state index in [1.54, 1.807) is 0 Å². The number of nitrogens with zero attached hydrogens (tertiary/aromatic N) is 5. The minimum absolute atomic E-state index is 0.0696. The second-order valence-corrected chi connectivity index (χ2v) is 5.26. The Bertz CT molecular complexity index is 941. The van der Waals surface area contributed by atoms with Crippen LogP contribution in [0.4, 0.5) is 24.7 Å². The molecule has 26 heavy (non-hydrogen) atoms. The zero-order valence-electron chi connectivity index (χ0n) is 12.9. The van der Waals surface area contributed by atoms with Crippen molar-refractivity contribution in [2.45, 2.75) is 12.3 Å². The highest BCUT2D eigenvalue weighted by molar-refractivity contribution is 5.44. The molecule has 0 amide bonds. The molecular formula is C14H11F3N6O3. The molecule has 3 rings (SSSR count). The zero-order chi connectivity index (χ0) is 18.9. The topological polar surface area (TPSA) is 118 Å². The number of benzene rings is 1. The first-order valence-electron chi connectivity index (χ1n) is 7.21. The highest BCUT2D eigenvalue weighted by Gasteiger charge is 2.37. The maximum absolute atomic E-state index is 12.8. The summed E-state index contributed by atoms with van der Waals surface area (Å²) in [6.45, 7) is -0.0696. The third-order valence-corrected chi connectivity index (χ3v) is 3.48. The zero-order valence-corrected chi connectivity index (χ0v) is 12.9. The molecule has 1 atom stereocenters. The van der Waals surface area contributed by atoms with E-state index in [4.69, 9.17) is 0 Å². The van der Waals surface area contributed by atoms with Crippen LogP contribution in [0.2, 0.25) is 0 Å². The molecule has 2 aromatic heterocycles. The summed E-state index contributed by atoms with van der Waals surface area (Å²) in [6, 6.07) is 7.97. The number of hydrogen-bond acceptors (Lipinski definition) is 7. The van der Waals surface area contributed by atoms with Gasteiger partial charge < -0.3 is 10.4 Å². The molecule has 0 radical (unpaired) electrons. The Balaban J connectivity index is 1.73. The summed E-state index contributed by atoms with van der Waals surface area (Å²) in [5, 5.41) is 33.6. The van der Waals surface area contributed by atoms with Crippen molar-refractivity contribution >= 4 is 17.2 Å². The number of aliphatic hydroxyl groups excluding tert-OH is 1. The normalized spacial score (nSPS) is 12.9. The van der Waals surface area contributed by atoms with Crippen LogP contribution in [0.5, 0.6) is 0 Å². The Labute approximate surface area is 143 Å². The van der Waals surface area contributed by atoms with Gasteiger partial charge in [-0.2, -0.15) is 17.7 Å². The summed E-state index contributed by atoms with van der Waals surface area (Å²) in [7, 11) is 0.